The van der Waals surface area contributed by atoms with Crippen LogP contribution < -0.4 is 0 Å². The molecule has 0 spiro atoms. The zero-order valence-corrected chi connectivity index (χ0v) is 24.1. The van der Waals surface area contributed by atoms with Crippen molar-refractivity contribution in [1.82, 2.24) is 0 Å². The predicted molar refractivity (Wildman–Crippen MR) is 114 cm³/mol. The van der Waals surface area contributed by atoms with Gasteiger partial charge in [-0.25, -0.2) is 12.1 Å². The molecule has 0 aliphatic carbocycles. The van der Waals surface area contributed by atoms with E-state index in [1.165, 1.54) is 0 Å². The molecule has 177 valence electrons. The maximum atomic E-state index is 10.9. The first-order valence-corrected chi connectivity index (χ1v) is 12.0. The van der Waals surface area contributed by atoms with Gasteiger partial charge in [-0.05, 0) is 0 Å². The molecule has 3 nitrogen and oxygen atoms in total. The Labute approximate surface area is 203 Å². The molecule has 0 unspecified atom stereocenters. The van der Waals surface area contributed by atoms with Crippen LogP contribution in [-0.4, -0.2) is 45.1 Å². The van der Waals surface area contributed by atoms with Crippen molar-refractivity contribution in [3.05, 3.63) is 47.5 Å². The van der Waals surface area contributed by atoms with E-state index in [9.17, 15) is 26.3 Å². The summed E-state index contributed by atoms with van der Waals surface area (Å²) in [6.45, 7) is 8.06. The van der Waals surface area contributed by atoms with Crippen molar-refractivity contribution >= 4 is 15.4 Å². The number of nitrogens with one attached hydrogen (secondary N) is 3. The van der Waals surface area contributed by atoms with Gasteiger partial charge in [-0.1, -0.05) is 59.3 Å². The Morgan fingerprint density at radius 3 is 0.967 bits per heavy atom. The van der Waals surface area contributed by atoms with Crippen LogP contribution in [0.1, 0.15) is 59.3 Å². The number of hydrogen-bond donors (Lipinski definition) is 0. The van der Waals surface area contributed by atoms with Gasteiger partial charge in [0.25, 0.3) is 0 Å². The molecule has 0 heterocycles. The molecule has 1 radical (unpaired) electrons. The van der Waals surface area contributed by atoms with Gasteiger partial charge < -0.3 is 17.2 Å². The van der Waals surface area contributed by atoms with E-state index in [2.05, 4.69) is 20.8 Å². The van der Waals surface area contributed by atoms with Crippen molar-refractivity contribution < 1.29 is 52.2 Å². The van der Waals surface area contributed by atoms with Crippen molar-refractivity contribution in [1.29, 1.82) is 0 Å². The van der Waals surface area contributed by atoms with Gasteiger partial charge in [0.2, 0.25) is 0 Å². The fraction of sp³-hybridized carbons (Fsp3) is 0.737. The minimum absolute atomic E-state index is 0. The summed E-state index contributed by atoms with van der Waals surface area (Å²) >= 11 is -4.06. The molecule has 0 aliphatic rings. The fourth-order valence-electron chi connectivity index (χ4n) is 1.04. The standard InChI is InChI=1S/C5H5.3C4H10N.C2HF6Ge.Hf/c1-2-4-5-3-1;3*1-2-3-4-5;3-1(4,5)9-2(6,7)8;/h1-5H;3*5H,2-4H2,1H3;9H;/q4*-1;;+4. The summed E-state index contributed by atoms with van der Waals surface area (Å²) in [5.74, 6) is 0. The van der Waals surface area contributed by atoms with E-state index < -0.39 is 25.4 Å². The van der Waals surface area contributed by atoms with Crippen LogP contribution in [0.5, 0.6) is 0 Å². The summed E-state index contributed by atoms with van der Waals surface area (Å²) in [5, 5.41) is -9.97. The van der Waals surface area contributed by atoms with Crippen LogP contribution in [0.3, 0.4) is 0 Å². The normalized spacial score (nSPS) is 9.73. The van der Waals surface area contributed by atoms with Crippen LogP contribution >= 0.6 is 0 Å². The molecule has 1 aromatic rings. The SMILES string of the molecule is CCCC[NH-].CCCC[NH-].CCCC[NH-].F[C](F)(F)[GeH][C](F)(F)F.[Hf+4].c1cc[cH-]c1. The van der Waals surface area contributed by atoms with Gasteiger partial charge in [-0.2, -0.15) is 37.8 Å². The van der Waals surface area contributed by atoms with Crippen LogP contribution in [0.15, 0.2) is 30.3 Å². The van der Waals surface area contributed by atoms with Crippen molar-refractivity contribution in [2.45, 2.75) is 69.3 Å². The zero-order valence-electron chi connectivity index (χ0n) is 18.1. The monoisotopic (exact) mass is 674 g/mol. The molecule has 0 amide bonds. The smallest absolute Gasteiger partial charge is 0.214 e. The number of rotatable bonds is 6. The van der Waals surface area contributed by atoms with Crippen molar-refractivity contribution in [2.24, 2.45) is 0 Å². The molecule has 0 atom stereocenters. The second-order valence-corrected chi connectivity index (χ2v) is 8.85. The molecule has 0 aromatic heterocycles. The number of hydrogen-bond acceptors (Lipinski definition) is 0. The number of halogens is 6. The first-order chi connectivity index (χ1) is 13.4. The first-order valence-electron chi connectivity index (χ1n) is 9.56. The average molecular weight is 672 g/mol. The van der Waals surface area contributed by atoms with Gasteiger partial charge >= 0.3 is 77.6 Å². The topological polar surface area (TPSA) is 71.4 Å². The molecule has 30 heavy (non-hydrogen) atoms. The van der Waals surface area contributed by atoms with Crippen LogP contribution in [0.25, 0.3) is 17.2 Å². The van der Waals surface area contributed by atoms with Crippen molar-refractivity contribution in [2.75, 3.05) is 19.6 Å². The Morgan fingerprint density at radius 2 is 0.933 bits per heavy atom. The Balaban J connectivity index is -0.0000000884. The molecular weight excluding hydrogens is 635 g/mol. The minimum Gasteiger partial charge on any atom is -0.214 e. The van der Waals surface area contributed by atoms with Crippen LogP contribution in [0.2, 0.25) is 0 Å². The third-order valence-electron chi connectivity index (χ3n) is 2.47. The van der Waals surface area contributed by atoms with Gasteiger partial charge in [0.1, 0.15) is 0 Å². The average Bonchev–Trinajstić information content (AvgIpc) is 3.15. The molecule has 0 saturated heterocycles. The van der Waals surface area contributed by atoms with Gasteiger partial charge in [0, 0.05) is 0 Å². The van der Waals surface area contributed by atoms with Gasteiger partial charge in [0.05, 0.1) is 0 Å². The van der Waals surface area contributed by atoms with Gasteiger partial charge in [-0.15, -0.1) is 0 Å². The predicted octanol–water partition coefficient (Wildman–Crippen LogP) is 8.38. The minimum atomic E-state index is -4.98. The van der Waals surface area contributed by atoms with E-state index in [4.69, 9.17) is 17.2 Å². The molecule has 1 aromatic carbocycles. The van der Waals surface area contributed by atoms with E-state index in [1.807, 2.05) is 30.3 Å². The summed E-state index contributed by atoms with van der Waals surface area (Å²) in [7, 11) is 0. The summed E-state index contributed by atoms with van der Waals surface area (Å²) < 4.78 is 65.4. The fourth-order valence-corrected chi connectivity index (χ4v) is 1.82. The summed E-state index contributed by atoms with van der Waals surface area (Å²) in [4.78, 5) is 0. The first kappa shape index (κ1) is 40.6. The van der Waals surface area contributed by atoms with Crippen LogP contribution in [0, 0.1) is 0 Å². The largest absolute Gasteiger partial charge is 4.00 e. The summed E-state index contributed by atoms with van der Waals surface area (Å²) in [6, 6.07) is 10.0. The Kier molecular flexibility index (Phi) is 42.5. The number of alkyl halides is 6. The Hall–Kier alpha value is 0.223. The quantitative estimate of drug-likeness (QED) is 0.166. The van der Waals surface area contributed by atoms with Crippen LogP contribution in [-0.2, 0) is 25.8 Å². The van der Waals surface area contributed by atoms with E-state index >= 15 is 0 Å². The molecule has 3 N–H and O–H groups in total. The molecule has 0 saturated carbocycles. The van der Waals surface area contributed by atoms with Crippen LogP contribution in [0.4, 0.5) is 26.3 Å². The molecular formula is C19H36F6GeHfN3. The summed E-state index contributed by atoms with van der Waals surface area (Å²) in [6.07, 6.45) is 6.64. The second kappa shape index (κ2) is 31.4. The molecule has 0 bridgehead atoms. The van der Waals surface area contributed by atoms with Gasteiger partial charge in [0.15, 0.2) is 0 Å². The van der Waals surface area contributed by atoms with Crippen molar-refractivity contribution in [3.63, 3.8) is 0 Å². The third-order valence-corrected chi connectivity index (χ3v) is 3.85. The molecule has 0 aliphatic heterocycles. The number of unbranched alkanes of at least 4 members (excludes halogenated alkanes) is 3. The summed E-state index contributed by atoms with van der Waals surface area (Å²) in [5.41, 5.74) is 19.8. The van der Waals surface area contributed by atoms with E-state index in [1.54, 1.807) is 0 Å². The van der Waals surface area contributed by atoms with E-state index in [-0.39, 0.29) is 25.8 Å². The maximum absolute atomic E-state index is 10.9. The van der Waals surface area contributed by atoms with E-state index in [0.717, 1.165) is 38.5 Å². The van der Waals surface area contributed by atoms with E-state index in [0.29, 0.717) is 19.6 Å². The third kappa shape index (κ3) is 70.5. The zero-order chi connectivity index (χ0) is 23.6. The molecule has 0 fully saturated rings. The molecule has 11 heteroatoms. The van der Waals surface area contributed by atoms with Crippen molar-refractivity contribution in [3.8, 4) is 0 Å². The Morgan fingerprint density at radius 1 is 0.667 bits per heavy atom. The maximum Gasteiger partial charge on any atom is 4.00 e. The second-order valence-electron chi connectivity index (χ2n) is 5.50. The molecule has 1 rings (SSSR count). The van der Waals surface area contributed by atoms with Gasteiger partial charge in [-0.3, -0.25) is 0 Å². The Bertz CT molecular complexity index is 315.